The zero-order valence-electron chi connectivity index (χ0n) is 17.7. The third-order valence-corrected chi connectivity index (χ3v) is 5.37. The van der Waals surface area contributed by atoms with Gasteiger partial charge in [-0.2, -0.15) is 5.10 Å². The highest BCUT2D eigenvalue weighted by atomic mass is 16.5. The first-order valence-electron chi connectivity index (χ1n) is 10.4. The molecule has 5 aromatic rings. The minimum absolute atomic E-state index is 0.666. The van der Waals surface area contributed by atoms with Crippen LogP contribution in [0.3, 0.4) is 0 Å². The van der Waals surface area contributed by atoms with Crippen molar-refractivity contribution in [3.8, 4) is 50.8 Å². The first-order valence-corrected chi connectivity index (χ1v) is 10.4. The molecule has 1 heterocycles. The zero-order chi connectivity index (χ0) is 21.8. The van der Waals surface area contributed by atoms with Gasteiger partial charge in [-0.3, -0.25) is 5.10 Å². The lowest BCUT2D eigenvalue weighted by molar-refractivity contribution is 0.413. The SMILES string of the molecule is COc1ccc(Oc2cn[nH]c2-c2ccc(-c3ccccc3)cc2-c2ccccc2)cc1. The fraction of sp³-hybridized carbons (Fsp3) is 0.0357. The van der Waals surface area contributed by atoms with Gasteiger partial charge in [0.25, 0.3) is 0 Å². The average Bonchev–Trinajstić information content (AvgIpc) is 3.33. The van der Waals surface area contributed by atoms with Gasteiger partial charge >= 0.3 is 0 Å². The Kier molecular flexibility index (Phi) is 5.41. The summed E-state index contributed by atoms with van der Waals surface area (Å²) in [5, 5.41) is 7.40. The molecule has 0 aliphatic heterocycles. The van der Waals surface area contributed by atoms with Crippen molar-refractivity contribution in [1.29, 1.82) is 0 Å². The second kappa shape index (κ2) is 8.82. The van der Waals surface area contributed by atoms with Crippen molar-refractivity contribution >= 4 is 0 Å². The summed E-state index contributed by atoms with van der Waals surface area (Å²) >= 11 is 0. The van der Waals surface area contributed by atoms with Crippen LogP contribution in [-0.4, -0.2) is 17.3 Å². The number of benzene rings is 4. The molecule has 0 aliphatic rings. The van der Waals surface area contributed by atoms with E-state index in [1.54, 1.807) is 13.3 Å². The normalized spacial score (nSPS) is 10.7. The lowest BCUT2D eigenvalue weighted by Gasteiger charge is -2.13. The maximum atomic E-state index is 6.16. The van der Waals surface area contributed by atoms with E-state index in [9.17, 15) is 0 Å². The Morgan fingerprint density at radius 3 is 1.97 bits per heavy atom. The van der Waals surface area contributed by atoms with Crippen LogP contribution >= 0.6 is 0 Å². The van der Waals surface area contributed by atoms with E-state index in [2.05, 4.69) is 76.9 Å². The molecule has 0 aliphatic carbocycles. The van der Waals surface area contributed by atoms with Crippen LogP contribution in [0.2, 0.25) is 0 Å². The van der Waals surface area contributed by atoms with E-state index < -0.39 is 0 Å². The molecule has 0 saturated heterocycles. The fourth-order valence-corrected chi connectivity index (χ4v) is 3.75. The summed E-state index contributed by atoms with van der Waals surface area (Å²) in [5.74, 6) is 2.17. The minimum atomic E-state index is 0.666. The van der Waals surface area contributed by atoms with Gasteiger partial charge < -0.3 is 9.47 Å². The molecular formula is C28H22N2O2. The van der Waals surface area contributed by atoms with Crippen LogP contribution in [0.15, 0.2) is 109 Å². The molecule has 32 heavy (non-hydrogen) atoms. The van der Waals surface area contributed by atoms with E-state index in [0.717, 1.165) is 39.4 Å². The van der Waals surface area contributed by atoms with Crippen molar-refractivity contribution in [2.75, 3.05) is 7.11 Å². The first-order chi connectivity index (χ1) is 15.8. The monoisotopic (exact) mass is 418 g/mol. The molecule has 4 heteroatoms. The number of nitrogens with one attached hydrogen (secondary N) is 1. The lowest BCUT2D eigenvalue weighted by Crippen LogP contribution is -1.91. The van der Waals surface area contributed by atoms with Gasteiger partial charge in [-0.05, 0) is 52.6 Å². The van der Waals surface area contributed by atoms with Crippen LogP contribution in [0.5, 0.6) is 17.2 Å². The number of H-pyrrole nitrogens is 1. The van der Waals surface area contributed by atoms with E-state index in [1.807, 2.05) is 36.4 Å². The maximum absolute atomic E-state index is 6.16. The van der Waals surface area contributed by atoms with Crippen LogP contribution in [0.4, 0.5) is 0 Å². The van der Waals surface area contributed by atoms with Crippen LogP contribution in [0, 0.1) is 0 Å². The van der Waals surface area contributed by atoms with E-state index >= 15 is 0 Å². The van der Waals surface area contributed by atoms with Gasteiger partial charge in [0, 0.05) is 5.56 Å². The van der Waals surface area contributed by atoms with E-state index in [1.165, 1.54) is 5.56 Å². The Morgan fingerprint density at radius 1 is 0.625 bits per heavy atom. The summed E-state index contributed by atoms with van der Waals surface area (Å²) in [4.78, 5) is 0. The molecule has 4 aromatic carbocycles. The molecule has 0 spiro atoms. The number of ether oxygens (including phenoxy) is 2. The second-order valence-corrected chi connectivity index (χ2v) is 7.38. The molecule has 0 atom stereocenters. The third-order valence-electron chi connectivity index (χ3n) is 5.37. The molecule has 156 valence electrons. The summed E-state index contributed by atoms with van der Waals surface area (Å²) < 4.78 is 11.4. The van der Waals surface area contributed by atoms with Crippen molar-refractivity contribution in [3.63, 3.8) is 0 Å². The van der Waals surface area contributed by atoms with Crippen molar-refractivity contribution in [1.82, 2.24) is 10.2 Å². The Bertz CT molecular complexity index is 1310. The summed E-state index contributed by atoms with van der Waals surface area (Å²) in [6, 6.07) is 34.7. The zero-order valence-corrected chi connectivity index (χ0v) is 17.7. The van der Waals surface area contributed by atoms with Crippen LogP contribution < -0.4 is 9.47 Å². The van der Waals surface area contributed by atoms with E-state index in [0.29, 0.717) is 5.75 Å². The quantitative estimate of drug-likeness (QED) is 0.317. The number of hydrogen-bond donors (Lipinski definition) is 1. The lowest BCUT2D eigenvalue weighted by atomic mass is 9.93. The standard InChI is InChI=1S/C28H22N2O2/c1-31-23-13-15-24(16-14-23)32-27-19-29-30-28(27)25-17-12-22(20-8-4-2-5-9-20)18-26(25)21-10-6-3-7-11-21/h2-19H,1H3,(H,29,30). The molecule has 1 N–H and O–H groups in total. The minimum Gasteiger partial charge on any atom is -0.497 e. The molecule has 4 nitrogen and oxygen atoms in total. The van der Waals surface area contributed by atoms with Crippen molar-refractivity contribution in [2.24, 2.45) is 0 Å². The summed E-state index contributed by atoms with van der Waals surface area (Å²) in [6.45, 7) is 0. The highest BCUT2D eigenvalue weighted by molar-refractivity contribution is 5.87. The fourth-order valence-electron chi connectivity index (χ4n) is 3.75. The Balaban J connectivity index is 1.58. The largest absolute Gasteiger partial charge is 0.497 e. The van der Waals surface area contributed by atoms with Crippen molar-refractivity contribution in [2.45, 2.75) is 0 Å². The molecule has 0 saturated carbocycles. The molecule has 5 rings (SSSR count). The van der Waals surface area contributed by atoms with Gasteiger partial charge in [0.05, 0.1) is 13.3 Å². The van der Waals surface area contributed by atoms with Crippen molar-refractivity contribution in [3.05, 3.63) is 109 Å². The summed E-state index contributed by atoms with van der Waals surface area (Å²) in [6.07, 6.45) is 1.71. The highest BCUT2D eigenvalue weighted by Crippen LogP contribution is 2.39. The molecule has 1 aromatic heterocycles. The predicted octanol–water partition coefficient (Wildman–Crippen LogP) is 7.21. The smallest absolute Gasteiger partial charge is 0.173 e. The van der Waals surface area contributed by atoms with Crippen LogP contribution in [0.25, 0.3) is 33.5 Å². The molecule has 0 amide bonds. The first kappa shape index (κ1) is 19.6. The average molecular weight is 418 g/mol. The summed E-state index contributed by atoms with van der Waals surface area (Å²) in [5.41, 5.74) is 6.43. The number of methoxy groups -OCH3 is 1. The van der Waals surface area contributed by atoms with Crippen molar-refractivity contribution < 1.29 is 9.47 Å². The van der Waals surface area contributed by atoms with Gasteiger partial charge in [0.1, 0.15) is 17.2 Å². The van der Waals surface area contributed by atoms with E-state index in [-0.39, 0.29) is 0 Å². The molecule has 0 bridgehead atoms. The van der Waals surface area contributed by atoms with Gasteiger partial charge in [-0.25, -0.2) is 0 Å². The second-order valence-electron chi connectivity index (χ2n) is 7.38. The van der Waals surface area contributed by atoms with E-state index in [4.69, 9.17) is 9.47 Å². The maximum Gasteiger partial charge on any atom is 0.173 e. The van der Waals surface area contributed by atoms with Gasteiger partial charge in [-0.15, -0.1) is 0 Å². The van der Waals surface area contributed by atoms with Gasteiger partial charge in [0.15, 0.2) is 5.75 Å². The predicted molar refractivity (Wildman–Crippen MR) is 128 cm³/mol. The topological polar surface area (TPSA) is 47.1 Å². The number of aromatic nitrogens is 2. The summed E-state index contributed by atoms with van der Waals surface area (Å²) in [7, 11) is 1.65. The Morgan fingerprint density at radius 2 is 1.28 bits per heavy atom. The van der Waals surface area contributed by atoms with Gasteiger partial charge in [0.2, 0.25) is 0 Å². The number of aromatic amines is 1. The molecule has 0 unspecified atom stereocenters. The highest BCUT2D eigenvalue weighted by Gasteiger charge is 2.16. The molecule has 0 fully saturated rings. The van der Waals surface area contributed by atoms with Crippen LogP contribution in [0.1, 0.15) is 0 Å². The third kappa shape index (κ3) is 3.98. The molecule has 0 radical (unpaired) electrons. The number of hydrogen-bond acceptors (Lipinski definition) is 3. The molecular weight excluding hydrogens is 396 g/mol. The number of rotatable bonds is 6. The number of nitrogens with zero attached hydrogens (tertiary/aromatic N) is 1. The van der Waals surface area contributed by atoms with Gasteiger partial charge in [-0.1, -0.05) is 72.8 Å². The Labute approximate surface area is 187 Å². The Hall–Kier alpha value is -4.31. The van der Waals surface area contributed by atoms with Crippen LogP contribution in [-0.2, 0) is 0 Å².